The molecule has 0 saturated carbocycles. The first-order valence-corrected chi connectivity index (χ1v) is 8.09. The molecular formula is C20H25NO3. The van der Waals surface area contributed by atoms with E-state index in [1.54, 1.807) is 26.2 Å². The lowest BCUT2D eigenvalue weighted by atomic mass is 10.00. The van der Waals surface area contributed by atoms with Crippen molar-refractivity contribution in [3.8, 4) is 11.5 Å². The number of rotatable bonds is 6. The van der Waals surface area contributed by atoms with Crippen LogP contribution in [0.5, 0.6) is 11.5 Å². The molecule has 0 aromatic heterocycles. The van der Waals surface area contributed by atoms with Crippen molar-refractivity contribution in [3.63, 3.8) is 0 Å². The minimum atomic E-state index is -0.593. The van der Waals surface area contributed by atoms with Crippen LogP contribution in [0, 0.1) is 13.8 Å². The molecule has 0 aliphatic heterocycles. The monoisotopic (exact) mass is 327 g/mol. The van der Waals surface area contributed by atoms with Gasteiger partial charge in [-0.05, 0) is 51.0 Å². The molecule has 0 bridgehead atoms. The molecule has 0 heterocycles. The third kappa shape index (κ3) is 4.51. The maximum absolute atomic E-state index is 12.4. The van der Waals surface area contributed by atoms with Crippen molar-refractivity contribution in [2.75, 3.05) is 7.11 Å². The van der Waals surface area contributed by atoms with Crippen molar-refractivity contribution in [3.05, 3.63) is 59.2 Å². The standard InChI is InChI=1S/C20H25NO3/c1-13-9-10-14(2)19(11-13)15(3)21-20(22)16(4)24-18-8-6-7-17(12-18)23-5/h6-12,15-16H,1-5H3,(H,21,22)/t15-,16-/m1/s1. The molecule has 0 fully saturated rings. The zero-order valence-corrected chi connectivity index (χ0v) is 14.9. The average Bonchev–Trinajstić information content (AvgIpc) is 2.57. The fourth-order valence-electron chi connectivity index (χ4n) is 2.57. The largest absolute Gasteiger partial charge is 0.497 e. The van der Waals surface area contributed by atoms with E-state index in [1.807, 2.05) is 32.9 Å². The molecular weight excluding hydrogens is 302 g/mol. The summed E-state index contributed by atoms with van der Waals surface area (Å²) in [5.74, 6) is 1.16. The van der Waals surface area contributed by atoms with Gasteiger partial charge in [0.2, 0.25) is 0 Å². The number of carbonyl (C=O) groups is 1. The van der Waals surface area contributed by atoms with Gasteiger partial charge in [-0.2, -0.15) is 0 Å². The van der Waals surface area contributed by atoms with E-state index in [0.717, 1.165) is 11.1 Å². The fourth-order valence-corrected chi connectivity index (χ4v) is 2.57. The van der Waals surface area contributed by atoms with Crippen LogP contribution < -0.4 is 14.8 Å². The van der Waals surface area contributed by atoms with Gasteiger partial charge in [-0.1, -0.05) is 29.8 Å². The lowest BCUT2D eigenvalue weighted by Gasteiger charge is -2.21. The molecule has 24 heavy (non-hydrogen) atoms. The molecule has 128 valence electrons. The topological polar surface area (TPSA) is 47.6 Å². The summed E-state index contributed by atoms with van der Waals surface area (Å²) >= 11 is 0. The van der Waals surface area contributed by atoms with Gasteiger partial charge in [0.15, 0.2) is 6.10 Å². The lowest BCUT2D eigenvalue weighted by Crippen LogP contribution is -2.38. The fraction of sp³-hybridized carbons (Fsp3) is 0.350. The third-order valence-electron chi connectivity index (χ3n) is 3.98. The molecule has 0 aliphatic rings. The van der Waals surface area contributed by atoms with Crippen LogP contribution in [0.4, 0.5) is 0 Å². The average molecular weight is 327 g/mol. The van der Waals surface area contributed by atoms with Gasteiger partial charge in [-0.3, -0.25) is 4.79 Å². The second-order valence-corrected chi connectivity index (χ2v) is 6.03. The molecule has 2 aromatic carbocycles. The predicted molar refractivity (Wildman–Crippen MR) is 95.6 cm³/mol. The second kappa shape index (κ2) is 7.86. The van der Waals surface area contributed by atoms with Crippen molar-refractivity contribution in [2.24, 2.45) is 0 Å². The summed E-state index contributed by atoms with van der Waals surface area (Å²) in [6, 6.07) is 13.4. The first-order valence-electron chi connectivity index (χ1n) is 8.09. The first-order chi connectivity index (χ1) is 11.4. The summed E-state index contributed by atoms with van der Waals surface area (Å²) in [5.41, 5.74) is 3.46. The number of nitrogens with one attached hydrogen (secondary N) is 1. The molecule has 2 aromatic rings. The normalized spacial score (nSPS) is 13.0. The van der Waals surface area contributed by atoms with E-state index in [-0.39, 0.29) is 11.9 Å². The third-order valence-corrected chi connectivity index (χ3v) is 3.98. The van der Waals surface area contributed by atoms with Crippen LogP contribution in [0.15, 0.2) is 42.5 Å². The molecule has 2 atom stereocenters. The SMILES string of the molecule is COc1cccc(O[C@H](C)C(=O)N[C@H](C)c2cc(C)ccc2C)c1. The van der Waals surface area contributed by atoms with Crippen molar-refractivity contribution < 1.29 is 14.3 Å². The highest BCUT2D eigenvalue weighted by Gasteiger charge is 2.19. The Labute approximate surface area is 143 Å². The highest BCUT2D eigenvalue weighted by atomic mass is 16.5. The number of benzene rings is 2. The van der Waals surface area contributed by atoms with Crippen LogP contribution in [-0.2, 0) is 4.79 Å². The molecule has 0 radical (unpaired) electrons. The van der Waals surface area contributed by atoms with Gasteiger partial charge in [-0.25, -0.2) is 0 Å². The van der Waals surface area contributed by atoms with E-state index in [9.17, 15) is 4.79 Å². The smallest absolute Gasteiger partial charge is 0.261 e. The molecule has 0 spiro atoms. The van der Waals surface area contributed by atoms with Crippen molar-refractivity contribution in [1.29, 1.82) is 0 Å². The van der Waals surface area contributed by atoms with E-state index in [2.05, 4.69) is 23.5 Å². The Morgan fingerprint density at radius 3 is 2.46 bits per heavy atom. The van der Waals surface area contributed by atoms with Gasteiger partial charge in [0, 0.05) is 6.07 Å². The molecule has 0 saturated heterocycles. The summed E-state index contributed by atoms with van der Waals surface area (Å²) in [6.07, 6.45) is -0.593. The summed E-state index contributed by atoms with van der Waals surface area (Å²) in [7, 11) is 1.60. The Kier molecular flexibility index (Phi) is 5.85. The Bertz CT molecular complexity index is 712. The number of ether oxygens (including phenoxy) is 2. The number of methoxy groups -OCH3 is 1. The summed E-state index contributed by atoms with van der Waals surface area (Å²) < 4.78 is 10.9. The summed E-state index contributed by atoms with van der Waals surface area (Å²) in [6.45, 7) is 7.82. The van der Waals surface area contributed by atoms with E-state index >= 15 is 0 Å². The van der Waals surface area contributed by atoms with E-state index in [4.69, 9.17) is 9.47 Å². The van der Waals surface area contributed by atoms with E-state index in [0.29, 0.717) is 11.5 Å². The van der Waals surface area contributed by atoms with Gasteiger partial charge >= 0.3 is 0 Å². The number of aryl methyl sites for hydroxylation is 2. The molecule has 0 unspecified atom stereocenters. The maximum atomic E-state index is 12.4. The summed E-state index contributed by atoms with van der Waals surface area (Å²) in [5, 5.41) is 3.02. The van der Waals surface area contributed by atoms with Crippen LogP contribution in [0.2, 0.25) is 0 Å². The zero-order valence-electron chi connectivity index (χ0n) is 14.9. The van der Waals surface area contributed by atoms with Gasteiger partial charge in [0.1, 0.15) is 11.5 Å². The molecule has 4 heteroatoms. The van der Waals surface area contributed by atoms with Crippen LogP contribution in [0.1, 0.15) is 36.6 Å². The lowest BCUT2D eigenvalue weighted by molar-refractivity contribution is -0.127. The number of hydrogen-bond donors (Lipinski definition) is 1. The minimum absolute atomic E-state index is 0.0752. The number of hydrogen-bond acceptors (Lipinski definition) is 3. The zero-order chi connectivity index (χ0) is 17.7. The van der Waals surface area contributed by atoms with Crippen LogP contribution in [0.3, 0.4) is 0 Å². The van der Waals surface area contributed by atoms with Gasteiger partial charge in [0.05, 0.1) is 13.2 Å². The summed E-state index contributed by atoms with van der Waals surface area (Å²) in [4.78, 5) is 12.4. The quantitative estimate of drug-likeness (QED) is 0.874. The van der Waals surface area contributed by atoms with Gasteiger partial charge < -0.3 is 14.8 Å². The van der Waals surface area contributed by atoms with Crippen LogP contribution in [0.25, 0.3) is 0 Å². The number of carbonyl (C=O) groups excluding carboxylic acids is 1. The van der Waals surface area contributed by atoms with E-state index < -0.39 is 6.10 Å². The van der Waals surface area contributed by atoms with Crippen LogP contribution in [-0.4, -0.2) is 19.1 Å². The van der Waals surface area contributed by atoms with E-state index in [1.165, 1.54) is 5.56 Å². The van der Waals surface area contributed by atoms with Crippen molar-refractivity contribution in [2.45, 2.75) is 39.8 Å². The molecule has 4 nitrogen and oxygen atoms in total. The predicted octanol–water partition coefficient (Wildman–Crippen LogP) is 3.96. The Hall–Kier alpha value is -2.49. The van der Waals surface area contributed by atoms with Crippen LogP contribution >= 0.6 is 0 Å². The molecule has 2 rings (SSSR count). The van der Waals surface area contributed by atoms with Crippen molar-refractivity contribution in [1.82, 2.24) is 5.32 Å². The number of amides is 1. The minimum Gasteiger partial charge on any atom is -0.497 e. The van der Waals surface area contributed by atoms with Gasteiger partial charge in [-0.15, -0.1) is 0 Å². The Morgan fingerprint density at radius 2 is 1.75 bits per heavy atom. The highest BCUT2D eigenvalue weighted by molar-refractivity contribution is 5.81. The molecule has 1 amide bonds. The highest BCUT2D eigenvalue weighted by Crippen LogP contribution is 2.21. The second-order valence-electron chi connectivity index (χ2n) is 6.03. The Balaban J connectivity index is 2.01. The molecule has 0 aliphatic carbocycles. The Morgan fingerprint density at radius 1 is 1.04 bits per heavy atom. The first kappa shape index (κ1) is 17.9. The van der Waals surface area contributed by atoms with Crippen molar-refractivity contribution >= 4 is 5.91 Å². The molecule has 1 N–H and O–H groups in total. The van der Waals surface area contributed by atoms with Gasteiger partial charge in [0.25, 0.3) is 5.91 Å². The maximum Gasteiger partial charge on any atom is 0.261 e.